The smallest absolute Gasteiger partial charge is 0.269 e. The molecule has 0 amide bonds. The van der Waals surface area contributed by atoms with Crippen LogP contribution < -0.4 is 4.74 Å². The Balaban J connectivity index is 1.97. The summed E-state index contributed by atoms with van der Waals surface area (Å²) >= 11 is 0. The van der Waals surface area contributed by atoms with Crippen LogP contribution in [0, 0.1) is 10.1 Å². The Kier molecular flexibility index (Phi) is 4.93. The average molecular weight is 337 g/mol. The molecule has 0 bridgehead atoms. The Morgan fingerprint density at radius 3 is 2.28 bits per heavy atom. The van der Waals surface area contributed by atoms with Crippen LogP contribution >= 0.6 is 0 Å². The molecule has 0 spiro atoms. The third-order valence-electron chi connectivity index (χ3n) is 4.76. The maximum Gasteiger partial charge on any atom is 0.269 e. The first-order valence-corrected chi connectivity index (χ1v) is 8.16. The molecule has 0 N–H and O–H groups in total. The van der Waals surface area contributed by atoms with Gasteiger partial charge in [0.05, 0.1) is 12.0 Å². The van der Waals surface area contributed by atoms with E-state index in [4.69, 9.17) is 4.74 Å². The molecule has 0 saturated carbocycles. The molecule has 0 saturated heterocycles. The Bertz CT molecular complexity index is 793. The largest absolute Gasteiger partial charge is 0.497 e. The summed E-state index contributed by atoms with van der Waals surface area (Å²) in [5.74, 6) is 1.04. The van der Waals surface area contributed by atoms with Crippen molar-refractivity contribution in [3.8, 4) is 5.75 Å². The number of ether oxygens (including phenoxy) is 1. The highest BCUT2D eigenvalue weighted by molar-refractivity contribution is 5.74. The van der Waals surface area contributed by atoms with E-state index in [0.717, 1.165) is 36.0 Å². The second-order valence-corrected chi connectivity index (χ2v) is 6.15. The van der Waals surface area contributed by atoms with Gasteiger partial charge < -0.3 is 4.74 Å². The molecule has 5 heteroatoms. The number of hydrogen-bond acceptors (Lipinski definition) is 4. The first kappa shape index (κ1) is 16.9. The molecular weight excluding hydrogens is 318 g/mol. The highest BCUT2D eigenvalue weighted by Crippen LogP contribution is 2.43. The van der Waals surface area contributed by atoms with E-state index in [1.54, 1.807) is 19.2 Å². The van der Waals surface area contributed by atoms with Crippen LogP contribution in [0.15, 0.2) is 60.2 Å². The Morgan fingerprint density at radius 2 is 1.72 bits per heavy atom. The summed E-state index contributed by atoms with van der Waals surface area (Å²) in [5.41, 5.74) is 3.00. The Labute approximate surface area is 146 Å². The first-order chi connectivity index (χ1) is 12.1. The van der Waals surface area contributed by atoms with Gasteiger partial charge in [-0.15, -0.1) is 0 Å². The van der Waals surface area contributed by atoms with Gasteiger partial charge in [-0.1, -0.05) is 30.3 Å². The van der Waals surface area contributed by atoms with Crippen LogP contribution in [0.25, 0.3) is 0 Å². The minimum absolute atomic E-state index is 0.0168. The fourth-order valence-electron chi connectivity index (χ4n) is 3.40. The van der Waals surface area contributed by atoms with Crippen LogP contribution in [0.1, 0.15) is 35.8 Å². The highest BCUT2D eigenvalue weighted by Gasteiger charge is 2.27. The minimum atomic E-state index is -0.404. The predicted molar refractivity (Wildman–Crippen MR) is 95.0 cm³/mol. The van der Waals surface area contributed by atoms with Crippen molar-refractivity contribution in [3.63, 3.8) is 0 Å². The zero-order valence-electron chi connectivity index (χ0n) is 13.9. The number of carbonyl (C=O) groups is 1. The van der Waals surface area contributed by atoms with Crippen LogP contribution in [0.4, 0.5) is 5.69 Å². The second-order valence-electron chi connectivity index (χ2n) is 6.15. The summed E-state index contributed by atoms with van der Waals surface area (Å²) in [6.07, 6.45) is 4.50. The van der Waals surface area contributed by atoms with E-state index in [-0.39, 0.29) is 17.5 Å². The van der Waals surface area contributed by atoms with Gasteiger partial charge in [-0.2, -0.15) is 0 Å². The van der Waals surface area contributed by atoms with Crippen LogP contribution in [0.2, 0.25) is 0 Å². The monoisotopic (exact) mass is 337 g/mol. The average Bonchev–Trinajstić information content (AvgIpc) is 2.67. The van der Waals surface area contributed by atoms with E-state index >= 15 is 0 Å². The SMILES string of the molecule is COc1ccc(C2CCC(C=O)=CC2c2ccc([N+](=O)[O-])cc2)cc1. The zero-order valence-corrected chi connectivity index (χ0v) is 13.9. The maximum absolute atomic E-state index is 11.2. The molecule has 0 radical (unpaired) electrons. The summed E-state index contributed by atoms with van der Waals surface area (Å²) in [5, 5.41) is 10.9. The molecule has 2 aromatic carbocycles. The van der Waals surface area contributed by atoms with E-state index in [2.05, 4.69) is 0 Å². The minimum Gasteiger partial charge on any atom is -0.497 e. The van der Waals surface area contributed by atoms with Crippen molar-refractivity contribution < 1.29 is 14.5 Å². The topological polar surface area (TPSA) is 69.4 Å². The van der Waals surface area contributed by atoms with E-state index in [0.29, 0.717) is 0 Å². The van der Waals surface area contributed by atoms with E-state index in [1.807, 2.05) is 30.3 Å². The summed E-state index contributed by atoms with van der Waals surface area (Å²) in [7, 11) is 1.63. The van der Waals surface area contributed by atoms with Crippen LogP contribution in [-0.4, -0.2) is 18.3 Å². The number of allylic oxidation sites excluding steroid dienone is 2. The lowest BCUT2D eigenvalue weighted by Crippen LogP contribution is -2.15. The zero-order chi connectivity index (χ0) is 17.8. The highest BCUT2D eigenvalue weighted by atomic mass is 16.6. The molecule has 0 heterocycles. The lowest BCUT2D eigenvalue weighted by atomic mass is 9.74. The lowest BCUT2D eigenvalue weighted by Gasteiger charge is -2.30. The van der Waals surface area contributed by atoms with Gasteiger partial charge in [-0.05, 0) is 47.6 Å². The Hall–Kier alpha value is -2.95. The number of methoxy groups -OCH3 is 1. The van der Waals surface area contributed by atoms with E-state index in [9.17, 15) is 14.9 Å². The number of carbonyl (C=O) groups excluding carboxylic acids is 1. The number of nitro benzene ring substituents is 1. The van der Waals surface area contributed by atoms with Crippen molar-refractivity contribution in [2.75, 3.05) is 7.11 Å². The summed E-state index contributed by atoms with van der Waals surface area (Å²) in [6.45, 7) is 0. The standard InChI is InChI=1S/C20H19NO4/c1-25-18-9-5-15(6-10-18)19-11-2-14(13-22)12-20(19)16-3-7-17(8-4-16)21(23)24/h3-10,12-13,19-20H,2,11H2,1H3. The number of nitrogens with zero attached hydrogens (tertiary/aromatic N) is 1. The second kappa shape index (κ2) is 7.30. The maximum atomic E-state index is 11.2. The van der Waals surface area contributed by atoms with Crippen molar-refractivity contribution in [1.29, 1.82) is 0 Å². The third-order valence-corrected chi connectivity index (χ3v) is 4.76. The van der Waals surface area contributed by atoms with Crippen LogP contribution in [0.5, 0.6) is 5.75 Å². The molecule has 1 aliphatic rings. The van der Waals surface area contributed by atoms with Crippen molar-refractivity contribution in [2.45, 2.75) is 24.7 Å². The molecule has 1 aliphatic carbocycles. The number of aldehydes is 1. The molecule has 3 rings (SSSR count). The number of hydrogen-bond donors (Lipinski definition) is 0. The van der Waals surface area contributed by atoms with Gasteiger partial charge in [0.25, 0.3) is 5.69 Å². The van der Waals surface area contributed by atoms with Gasteiger partial charge in [0, 0.05) is 18.1 Å². The summed E-state index contributed by atoms with van der Waals surface area (Å²) in [4.78, 5) is 21.7. The molecule has 2 aromatic rings. The summed E-state index contributed by atoms with van der Waals surface area (Å²) in [6, 6.07) is 14.5. The van der Waals surface area contributed by atoms with Gasteiger partial charge in [0.2, 0.25) is 0 Å². The molecule has 0 aliphatic heterocycles. The Morgan fingerprint density at radius 1 is 1.08 bits per heavy atom. The quantitative estimate of drug-likeness (QED) is 0.461. The predicted octanol–water partition coefficient (Wildman–Crippen LogP) is 4.39. The summed E-state index contributed by atoms with van der Waals surface area (Å²) < 4.78 is 5.22. The van der Waals surface area contributed by atoms with Gasteiger partial charge in [-0.25, -0.2) is 0 Å². The van der Waals surface area contributed by atoms with Crippen molar-refractivity contribution in [2.24, 2.45) is 0 Å². The first-order valence-electron chi connectivity index (χ1n) is 8.16. The fourth-order valence-corrected chi connectivity index (χ4v) is 3.40. The van der Waals surface area contributed by atoms with Gasteiger partial charge >= 0.3 is 0 Å². The molecule has 5 nitrogen and oxygen atoms in total. The van der Waals surface area contributed by atoms with Crippen LogP contribution in [0.3, 0.4) is 0 Å². The molecular formula is C20H19NO4. The molecule has 0 fully saturated rings. The number of rotatable bonds is 5. The third kappa shape index (κ3) is 3.60. The van der Waals surface area contributed by atoms with Crippen molar-refractivity contribution in [3.05, 3.63) is 81.4 Å². The fraction of sp³-hybridized carbons (Fsp3) is 0.250. The molecule has 128 valence electrons. The molecule has 2 atom stereocenters. The lowest BCUT2D eigenvalue weighted by molar-refractivity contribution is -0.384. The van der Waals surface area contributed by atoms with Gasteiger partial charge in [0.15, 0.2) is 0 Å². The molecule has 2 unspecified atom stereocenters. The number of benzene rings is 2. The number of nitro groups is 1. The number of non-ortho nitro benzene ring substituents is 1. The van der Waals surface area contributed by atoms with Crippen molar-refractivity contribution in [1.82, 2.24) is 0 Å². The van der Waals surface area contributed by atoms with Gasteiger partial charge in [0.1, 0.15) is 12.0 Å². The molecule has 25 heavy (non-hydrogen) atoms. The van der Waals surface area contributed by atoms with Gasteiger partial charge in [-0.3, -0.25) is 14.9 Å². The normalized spacial score (nSPS) is 19.8. The van der Waals surface area contributed by atoms with E-state index < -0.39 is 4.92 Å². The van der Waals surface area contributed by atoms with Crippen molar-refractivity contribution >= 4 is 12.0 Å². The van der Waals surface area contributed by atoms with Crippen LogP contribution in [-0.2, 0) is 4.79 Å². The molecule has 0 aromatic heterocycles. The van der Waals surface area contributed by atoms with E-state index in [1.165, 1.54) is 17.7 Å².